The Morgan fingerprint density at radius 3 is 1.12 bits per heavy atom. The minimum Gasteiger partial charge on any atom is -0.476 e. The molecule has 0 unspecified atom stereocenters. The van der Waals surface area contributed by atoms with E-state index in [1.54, 1.807) is 37.6 Å². The van der Waals surface area contributed by atoms with Crippen molar-refractivity contribution < 1.29 is 116 Å². The number of carboxylic acids is 1. The zero-order chi connectivity index (χ0) is 74.6. The van der Waals surface area contributed by atoms with E-state index >= 15 is 0 Å². The molecule has 564 valence electrons. The summed E-state index contributed by atoms with van der Waals surface area (Å²) < 4.78 is 130. The maximum absolute atomic E-state index is 13.0. The van der Waals surface area contributed by atoms with Crippen molar-refractivity contribution in [3.8, 4) is 0 Å². The number of nitrogens with zero attached hydrogens (tertiary/aromatic N) is 5. The van der Waals surface area contributed by atoms with Crippen LogP contribution in [0.3, 0.4) is 0 Å². The van der Waals surface area contributed by atoms with Crippen LogP contribution in [-0.4, -0.2) is 241 Å². The summed E-state index contributed by atoms with van der Waals surface area (Å²) in [6.07, 6.45) is 3.49. The normalized spacial score (nSPS) is 17.8. The Bertz CT molecular complexity index is 3960. The average Bonchev–Trinajstić information content (AvgIpc) is 1.56. The van der Waals surface area contributed by atoms with Gasteiger partial charge >= 0.3 is 17.9 Å². The van der Waals surface area contributed by atoms with Crippen molar-refractivity contribution in [2.24, 2.45) is 20.6 Å². The van der Waals surface area contributed by atoms with Gasteiger partial charge in [0.05, 0.1) is 113 Å². The molecular formula is C64H84N10O25S4. The molecule has 0 saturated carbocycles. The van der Waals surface area contributed by atoms with Crippen LogP contribution in [0, 0.1) is 0 Å². The molecule has 9 rings (SSSR count). The fraction of sp³-hybridized carbons (Fsp3) is 0.453. The van der Waals surface area contributed by atoms with Gasteiger partial charge in [-0.3, -0.25) is 10.1 Å². The molecule has 0 radical (unpaired) electrons. The molecule has 5 aromatic rings. The summed E-state index contributed by atoms with van der Waals surface area (Å²) in [4.78, 5) is 74.5. The predicted octanol–water partition coefficient (Wildman–Crippen LogP) is 2.81. The molecule has 4 aliphatic rings. The number of sulfonamides is 3. The molecule has 7 N–H and O–H groups in total. The Balaban J connectivity index is 0.000000219. The number of esters is 2. The van der Waals surface area contributed by atoms with Crippen LogP contribution < -0.4 is 25.2 Å². The number of nitrogen functional groups attached to an aromatic ring is 1. The molecule has 4 aromatic carbocycles. The second kappa shape index (κ2) is 43.6. The number of aromatic nitrogens is 1. The molecule has 0 bridgehead atoms. The summed E-state index contributed by atoms with van der Waals surface area (Å²) in [5.74, 6) is -3.05. The number of nitrogens with one attached hydrogen (secondary N) is 4. The number of aliphatic carboxylic acids is 1. The third-order valence-electron chi connectivity index (χ3n) is 14.3. The van der Waals surface area contributed by atoms with E-state index in [1.165, 1.54) is 120 Å². The van der Waals surface area contributed by atoms with Crippen LogP contribution in [0.15, 0.2) is 139 Å². The van der Waals surface area contributed by atoms with Gasteiger partial charge in [-0.25, -0.2) is 58.8 Å². The number of carbonyl (C=O) groups excluding carboxylic acids is 3. The number of amides is 1. The molecular weight excluding hydrogens is 1440 g/mol. The minimum atomic E-state index is -3.71. The van der Waals surface area contributed by atoms with E-state index in [2.05, 4.69) is 45.1 Å². The Hall–Kier alpha value is -8.52. The van der Waals surface area contributed by atoms with Gasteiger partial charge in [-0.05, 0) is 48.5 Å². The first-order valence-electron chi connectivity index (χ1n) is 31.6. The summed E-state index contributed by atoms with van der Waals surface area (Å²) in [5.41, 5.74) is 7.58. The summed E-state index contributed by atoms with van der Waals surface area (Å²) in [7, 11) is -2.52. The first-order chi connectivity index (χ1) is 49.5. The van der Waals surface area contributed by atoms with E-state index < -0.39 is 53.9 Å². The number of hydrogen-bond acceptors (Lipinski definition) is 31. The molecule has 4 saturated heterocycles. The molecule has 103 heavy (non-hydrogen) atoms. The van der Waals surface area contributed by atoms with Crippen molar-refractivity contribution in [3.63, 3.8) is 0 Å². The van der Waals surface area contributed by atoms with Gasteiger partial charge in [0.25, 0.3) is 5.91 Å². The van der Waals surface area contributed by atoms with Crippen molar-refractivity contribution in [3.05, 3.63) is 130 Å². The van der Waals surface area contributed by atoms with Crippen LogP contribution in [0.4, 0.5) is 10.8 Å². The number of hydrogen-bond donors (Lipinski definition) is 6. The van der Waals surface area contributed by atoms with Crippen molar-refractivity contribution in [1.29, 1.82) is 0 Å². The van der Waals surface area contributed by atoms with Gasteiger partial charge in [-0.2, -0.15) is 0 Å². The number of oxime groups is 4. The number of thiazole rings is 1. The van der Waals surface area contributed by atoms with Crippen LogP contribution in [0.1, 0.15) is 52.8 Å². The van der Waals surface area contributed by atoms with Gasteiger partial charge in [0, 0.05) is 108 Å². The highest BCUT2D eigenvalue weighted by atomic mass is 32.2. The van der Waals surface area contributed by atoms with E-state index in [-0.39, 0.29) is 107 Å². The lowest BCUT2D eigenvalue weighted by molar-refractivity contribution is -0.133. The predicted molar refractivity (Wildman–Crippen MR) is 372 cm³/mol. The van der Waals surface area contributed by atoms with E-state index in [4.69, 9.17) is 72.5 Å². The summed E-state index contributed by atoms with van der Waals surface area (Å²) in [6.45, 7) is 5.56. The first kappa shape index (κ1) is 83.4. The van der Waals surface area contributed by atoms with Crippen LogP contribution in [0.2, 0.25) is 0 Å². The molecule has 4 atom stereocenters. The highest BCUT2D eigenvalue weighted by molar-refractivity contribution is 7.90. The van der Waals surface area contributed by atoms with Crippen molar-refractivity contribution in [1.82, 2.24) is 19.2 Å². The van der Waals surface area contributed by atoms with E-state index in [0.29, 0.717) is 106 Å². The largest absolute Gasteiger partial charge is 0.476 e. The number of anilines is 2. The topological polar surface area (TPSA) is 457 Å². The van der Waals surface area contributed by atoms with Gasteiger partial charge in [-0.1, -0.05) is 80.5 Å². The molecule has 39 heteroatoms. The quantitative estimate of drug-likeness (QED) is 0.0113. The number of benzene rings is 4. The Morgan fingerprint density at radius 1 is 0.485 bits per heavy atom. The Kier molecular flexibility index (Phi) is 35.3. The zero-order valence-corrected chi connectivity index (χ0v) is 60.5. The summed E-state index contributed by atoms with van der Waals surface area (Å²) >= 11 is 1.28. The van der Waals surface area contributed by atoms with Crippen molar-refractivity contribution in [2.75, 3.05) is 146 Å². The number of nitrogens with two attached hydrogens (primary N) is 1. The molecule has 35 nitrogen and oxygen atoms in total. The second-order valence-corrected chi connectivity index (χ2v) is 28.2. The van der Waals surface area contributed by atoms with Crippen LogP contribution in [0.5, 0.6) is 0 Å². The maximum atomic E-state index is 13.0. The number of carboxylic acid groups (broad SMARTS) is 1. The maximum Gasteiger partial charge on any atom is 0.360 e. The van der Waals surface area contributed by atoms with Gasteiger partial charge < -0.3 is 77.6 Å². The first-order valence-corrected chi connectivity index (χ1v) is 36.9. The molecule has 4 fully saturated rings. The highest BCUT2D eigenvalue weighted by Crippen LogP contribution is 2.22. The van der Waals surface area contributed by atoms with Crippen LogP contribution >= 0.6 is 11.3 Å². The third kappa shape index (κ3) is 27.9. The number of rotatable bonds is 34. The molecule has 1 aromatic heterocycles. The highest BCUT2D eigenvalue weighted by Gasteiger charge is 2.27. The molecule has 0 aliphatic carbocycles. The van der Waals surface area contributed by atoms with E-state index in [0.717, 1.165) is 11.3 Å². The molecule has 1 amide bonds. The standard InChI is InChI=1S/C20H26N4O7S2.C16H22N2O7S.C15H20N2O7S.C13H16N2O4/c1-28-10-8-22-33(26,27)17-5-3-14(4-6-17)18(24-31-15-7-9-30-12-15)19(25)23-20-21-11-16(32-20)13-29-2;1-22-10-8-17-26(20,21)14-5-3-12(4-6-14)15(16(19)23-2)18-25-13-7-9-24-11-13;1-22-9-7-16-25(20,21)13-4-2-11(3-5-13)14(15(18)19)17-24-12-6-8-23-10-12;1-17-13(16)12(9-2-4-10(14)5-3-9)15-19-11-6-7-18-8-11/h3-6,11,15,22H,7-10,12-13H2,1-2H3,(H,21,23,25);3-6,13,17H,7-11H2,1-2H3;2-5,12,16H,6-10H2,1H3,(H,18,19);2-5,11H,6-8,14H2,1H3/b24-18+;18-15+;17-14+;15-12+/t15-;13-;12-;11-/m1111/s1. The van der Waals surface area contributed by atoms with Crippen LogP contribution in [-0.2, 0) is 123 Å². The Labute approximate surface area is 599 Å². The zero-order valence-electron chi connectivity index (χ0n) is 57.3. The summed E-state index contributed by atoms with van der Waals surface area (Å²) in [5, 5.41) is 27.9. The van der Waals surface area contributed by atoms with Crippen molar-refractivity contribution >= 4 is 98.9 Å². The monoisotopic (exact) mass is 1520 g/mol. The number of carbonyl (C=O) groups is 4. The minimum absolute atomic E-state index is 0.0123. The smallest absolute Gasteiger partial charge is 0.360 e. The van der Waals surface area contributed by atoms with Gasteiger partial charge in [-0.15, -0.1) is 0 Å². The van der Waals surface area contributed by atoms with Crippen molar-refractivity contribution in [2.45, 2.75) is 71.4 Å². The lowest BCUT2D eigenvalue weighted by Gasteiger charge is -2.11. The fourth-order valence-corrected chi connectivity index (χ4v) is 12.6. The molecule has 0 spiro atoms. The van der Waals surface area contributed by atoms with Gasteiger partial charge in [0.2, 0.25) is 30.1 Å². The van der Waals surface area contributed by atoms with E-state index in [1.807, 2.05) is 0 Å². The molecule has 4 aliphatic heterocycles. The van der Waals surface area contributed by atoms with E-state index in [9.17, 15) is 49.5 Å². The lowest BCUT2D eigenvalue weighted by Crippen LogP contribution is -2.27. The number of methoxy groups -OCH3 is 6. The summed E-state index contributed by atoms with van der Waals surface area (Å²) in [6, 6.07) is 23.6. The fourth-order valence-electron chi connectivity index (χ4n) is 8.77. The average molecular weight is 1520 g/mol. The third-order valence-corrected chi connectivity index (χ3v) is 19.6. The second-order valence-electron chi connectivity index (χ2n) is 21.8. The number of ether oxygens (including phenoxy) is 10. The van der Waals surface area contributed by atoms with Crippen LogP contribution in [0.25, 0.3) is 0 Å². The van der Waals surface area contributed by atoms with Gasteiger partial charge in [0.15, 0.2) is 52.4 Å². The Morgan fingerprint density at radius 2 is 0.806 bits per heavy atom. The van der Waals surface area contributed by atoms with Gasteiger partial charge in [0.1, 0.15) is 0 Å². The molecule has 5 heterocycles. The SMILES string of the molecule is COC(=O)/C(=N/O[C@@H]1CCOC1)c1ccc(N)cc1.COCCNS(=O)(=O)c1ccc(/C(=N\O[C@@H]2CCOC2)C(=O)Nc2ncc(COC)s2)cc1.COCCNS(=O)(=O)c1ccc(/C(=N\O[C@@H]2CCOC2)C(=O)O)cc1.COCCNS(=O)(=O)c1ccc(/C(=N\O[C@@H]2CCOC2)C(=O)OC)cc1. The lowest BCUT2D eigenvalue weighted by atomic mass is 10.1.